The molecule has 2 rings (SSSR count). The first kappa shape index (κ1) is 15.8. The molecule has 0 unspecified atom stereocenters. The van der Waals surface area contributed by atoms with Crippen LogP contribution in [-0.4, -0.2) is 5.91 Å². The fourth-order valence-electron chi connectivity index (χ4n) is 1.66. The molecule has 110 valence electrons. The van der Waals surface area contributed by atoms with E-state index in [9.17, 15) is 18.0 Å². The first-order valence-electron chi connectivity index (χ1n) is 5.50. The van der Waals surface area contributed by atoms with E-state index >= 15 is 0 Å². The van der Waals surface area contributed by atoms with Crippen LogP contribution in [0, 0.1) is 17.5 Å². The molecule has 0 saturated heterocycles. The number of rotatable bonds is 2. The SMILES string of the molecule is Nc1cc(Br)cc(Br)c1NC(=O)c1c(F)cc(F)cc1F. The van der Waals surface area contributed by atoms with Crippen LogP contribution < -0.4 is 11.1 Å². The molecule has 3 nitrogen and oxygen atoms in total. The number of hydrogen-bond donors (Lipinski definition) is 2. The van der Waals surface area contributed by atoms with Gasteiger partial charge in [0.15, 0.2) is 0 Å². The Kier molecular flexibility index (Phi) is 4.58. The second-order valence-corrected chi connectivity index (χ2v) is 5.82. The van der Waals surface area contributed by atoms with E-state index in [1.807, 2.05) is 0 Å². The molecule has 8 heteroatoms. The molecule has 0 atom stereocenters. The van der Waals surface area contributed by atoms with Crippen molar-refractivity contribution in [3.05, 3.63) is 56.2 Å². The van der Waals surface area contributed by atoms with Crippen LogP contribution in [0.2, 0.25) is 0 Å². The van der Waals surface area contributed by atoms with Gasteiger partial charge < -0.3 is 11.1 Å². The van der Waals surface area contributed by atoms with Crippen molar-refractivity contribution in [2.75, 3.05) is 11.1 Å². The minimum Gasteiger partial charge on any atom is -0.397 e. The maximum Gasteiger partial charge on any atom is 0.261 e. The van der Waals surface area contributed by atoms with Crippen molar-refractivity contribution < 1.29 is 18.0 Å². The molecule has 0 bridgehead atoms. The van der Waals surface area contributed by atoms with E-state index in [-0.39, 0.29) is 11.4 Å². The Morgan fingerprint density at radius 1 is 1.05 bits per heavy atom. The van der Waals surface area contributed by atoms with Crippen LogP contribution in [-0.2, 0) is 0 Å². The molecule has 1 amide bonds. The summed E-state index contributed by atoms with van der Waals surface area (Å²) in [6, 6.07) is 3.97. The molecular weight excluding hydrogens is 417 g/mol. The molecule has 0 fully saturated rings. The molecular formula is C13H7Br2F3N2O. The summed E-state index contributed by atoms with van der Waals surface area (Å²) < 4.78 is 41.0. The number of nitrogens with two attached hydrogens (primary N) is 1. The van der Waals surface area contributed by atoms with E-state index in [2.05, 4.69) is 37.2 Å². The molecule has 0 aliphatic carbocycles. The highest BCUT2D eigenvalue weighted by Gasteiger charge is 2.20. The number of nitrogen functional groups attached to an aromatic ring is 1. The van der Waals surface area contributed by atoms with Gasteiger partial charge in [-0.25, -0.2) is 13.2 Å². The molecule has 21 heavy (non-hydrogen) atoms. The lowest BCUT2D eigenvalue weighted by Gasteiger charge is -2.12. The van der Waals surface area contributed by atoms with Crippen LogP contribution in [0.15, 0.2) is 33.2 Å². The topological polar surface area (TPSA) is 55.1 Å². The molecule has 0 radical (unpaired) electrons. The first-order valence-corrected chi connectivity index (χ1v) is 7.08. The standard InChI is InChI=1S/C13H7Br2F3N2O/c14-5-1-7(15)12(10(19)2-5)20-13(21)11-8(17)3-6(16)4-9(11)18/h1-4H,19H2,(H,20,21). The van der Waals surface area contributed by atoms with Crippen LogP contribution in [0.1, 0.15) is 10.4 Å². The van der Waals surface area contributed by atoms with E-state index in [1.165, 1.54) is 6.07 Å². The normalized spacial score (nSPS) is 10.5. The van der Waals surface area contributed by atoms with E-state index in [0.717, 1.165) is 0 Å². The molecule has 0 aliphatic rings. The van der Waals surface area contributed by atoms with Crippen LogP contribution in [0.3, 0.4) is 0 Å². The number of amides is 1. The number of carbonyl (C=O) groups excluding carboxylic acids is 1. The minimum atomic E-state index is -1.29. The fourth-order valence-corrected chi connectivity index (χ4v) is 3.02. The van der Waals surface area contributed by atoms with Gasteiger partial charge in [0, 0.05) is 21.1 Å². The Morgan fingerprint density at radius 2 is 1.62 bits per heavy atom. The molecule has 2 aromatic rings. The number of benzene rings is 2. The quantitative estimate of drug-likeness (QED) is 0.700. The molecule has 0 aliphatic heterocycles. The summed E-state index contributed by atoms with van der Waals surface area (Å²) in [6.07, 6.45) is 0. The number of nitrogens with one attached hydrogen (secondary N) is 1. The maximum absolute atomic E-state index is 13.5. The van der Waals surface area contributed by atoms with Gasteiger partial charge in [0.1, 0.15) is 23.0 Å². The fraction of sp³-hybridized carbons (Fsp3) is 0. The van der Waals surface area contributed by atoms with Gasteiger partial charge >= 0.3 is 0 Å². The third-order valence-corrected chi connectivity index (χ3v) is 3.64. The van der Waals surface area contributed by atoms with Crippen LogP contribution in [0.25, 0.3) is 0 Å². The molecule has 2 aromatic carbocycles. The van der Waals surface area contributed by atoms with E-state index < -0.39 is 28.9 Å². The van der Waals surface area contributed by atoms with E-state index in [4.69, 9.17) is 5.73 Å². The zero-order valence-electron chi connectivity index (χ0n) is 10.2. The molecule has 3 N–H and O–H groups in total. The van der Waals surface area contributed by atoms with Crippen molar-refractivity contribution >= 4 is 49.1 Å². The van der Waals surface area contributed by atoms with Crippen LogP contribution in [0.4, 0.5) is 24.5 Å². The summed E-state index contributed by atoms with van der Waals surface area (Å²) in [5.41, 5.74) is 5.19. The average molecular weight is 424 g/mol. The van der Waals surface area contributed by atoms with Crippen molar-refractivity contribution in [2.45, 2.75) is 0 Å². The smallest absolute Gasteiger partial charge is 0.261 e. The highest BCUT2D eigenvalue weighted by atomic mass is 79.9. The summed E-state index contributed by atoms with van der Waals surface area (Å²) in [5.74, 6) is -4.76. The van der Waals surface area contributed by atoms with Crippen molar-refractivity contribution in [3.8, 4) is 0 Å². The Labute approximate surface area is 134 Å². The number of halogens is 5. The summed E-state index contributed by atoms with van der Waals surface area (Å²) in [7, 11) is 0. The third kappa shape index (κ3) is 3.38. The Bertz CT molecular complexity index is 691. The Morgan fingerprint density at radius 3 is 2.14 bits per heavy atom. The van der Waals surface area contributed by atoms with Crippen LogP contribution >= 0.6 is 31.9 Å². The predicted molar refractivity (Wildman–Crippen MR) is 80.5 cm³/mol. The second kappa shape index (κ2) is 6.07. The lowest BCUT2D eigenvalue weighted by atomic mass is 10.1. The summed E-state index contributed by atoms with van der Waals surface area (Å²) in [6.45, 7) is 0. The predicted octanol–water partition coefficient (Wildman–Crippen LogP) is 4.46. The lowest BCUT2D eigenvalue weighted by molar-refractivity contribution is 0.101. The molecule has 0 saturated carbocycles. The highest BCUT2D eigenvalue weighted by Crippen LogP contribution is 2.33. The van der Waals surface area contributed by atoms with Crippen molar-refractivity contribution in [1.29, 1.82) is 0 Å². The minimum absolute atomic E-state index is 0.159. The highest BCUT2D eigenvalue weighted by molar-refractivity contribution is 9.11. The number of hydrogen-bond acceptors (Lipinski definition) is 2. The van der Waals surface area contributed by atoms with Crippen molar-refractivity contribution in [3.63, 3.8) is 0 Å². The maximum atomic E-state index is 13.5. The van der Waals surface area contributed by atoms with Crippen LogP contribution in [0.5, 0.6) is 0 Å². The van der Waals surface area contributed by atoms with Gasteiger partial charge in [-0.2, -0.15) is 0 Å². The second-order valence-electron chi connectivity index (χ2n) is 4.05. The molecule has 0 spiro atoms. The van der Waals surface area contributed by atoms with Gasteiger partial charge in [-0.05, 0) is 28.1 Å². The summed E-state index contributed by atoms with van der Waals surface area (Å²) in [4.78, 5) is 12.0. The largest absolute Gasteiger partial charge is 0.397 e. The Hall–Kier alpha value is -1.54. The van der Waals surface area contributed by atoms with Crippen molar-refractivity contribution in [2.24, 2.45) is 0 Å². The summed E-state index contributed by atoms with van der Waals surface area (Å²) in [5, 5.41) is 2.29. The lowest BCUT2D eigenvalue weighted by Crippen LogP contribution is -2.17. The van der Waals surface area contributed by atoms with E-state index in [0.29, 0.717) is 21.1 Å². The van der Waals surface area contributed by atoms with Gasteiger partial charge in [0.05, 0.1) is 11.4 Å². The van der Waals surface area contributed by atoms with Gasteiger partial charge in [-0.1, -0.05) is 15.9 Å². The molecule has 0 heterocycles. The van der Waals surface area contributed by atoms with Gasteiger partial charge in [-0.15, -0.1) is 0 Å². The summed E-state index contributed by atoms with van der Waals surface area (Å²) >= 11 is 6.38. The monoisotopic (exact) mass is 422 g/mol. The average Bonchev–Trinajstić information content (AvgIpc) is 2.32. The number of anilines is 2. The van der Waals surface area contributed by atoms with E-state index in [1.54, 1.807) is 6.07 Å². The number of carbonyl (C=O) groups is 1. The first-order chi connectivity index (χ1) is 9.79. The third-order valence-electron chi connectivity index (χ3n) is 2.56. The van der Waals surface area contributed by atoms with Gasteiger partial charge in [0.2, 0.25) is 0 Å². The zero-order valence-corrected chi connectivity index (χ0v) is 13.4. The Balaban J connectivity index is 2.40. The van der Waals surface area contributed by atoms with Crippen molar-refractivity contribution in [1.82, 2.24) is 0 Å². The van der Waals surface area contributed by atoms with Gasteiger partial charge in [0.25, 0.3) is 5.91 Å². The van der Waals surface area contributed by atoms with Gasteiger partial charge in [-0.3, -0.25) is 4.79 Å². The molecule has 0 aromatic heterocycles. The zero-order chi connectivity index (χ0) is 15.7.